The van der Waals surface area contributed by atoms with Crippen LogP contribution in [0.15, 0.2) is 32.8 Å². The van der Waals surface area contributed by atoms with Gasteiger partial charge in [0.05, 0.1) is 34.9 Å². The summed E-state index contributed by atoms with van der Waals surface area (Å²) in [5.41, 5.74) is 1.57. The first-order valence-electron chi connectivity index (χ1n) is 10.6. The lowest BCUT2D eigenvalue weighted by Gasteiger charge is -2.26. The van der Waals surface area contributed by atoms with Crippen molar-refractivity contribution < 1.29 is 17.7 Å². The van der Waals surface area contributed by atoms with E-state index in [-0.39, 0.29) is 4.90 Å². The van der Waals surface area contributed by atoms with E-state index in [0.29, 0.717) is 49.3 Å². The summed E-state index contributed by atoms with van der Waals surface area (Å²) in [6.45, 7) is 6.47. The lowest BCUT2D eigenvalue weighted by atomic mass is 10.2. The first-order chi connectivity index (χ1) is 15.0. The van der Waals surface area contributed by atoms with Crippen LogP contribution in [-0.4, -0.2) is 58.7 Å². The van der Waals surface area contributed by atoms with E-state index in [0.717, 1.165) is 36.5 Å². The zero-order chi connectivity index (χ0) is 21.8. The van der Waals surface area contributed by atoms with Crippen molar-refractivity contribution in [1.82, 2.24) is 24.0 Å². The van der Waals surface area contributed by atoms with Gasteiger partial charge in [-0.15, -0.1) is 0 Å². The van der Waals surface area contributed by atoms with Crippen LogP contribution in [0.2, 0.25) is 0 Å². The Bertz CT molecular complexity index is 1140. The molecule has 0 unspecified atom stereocenters. The molecule has 168 valence electrons. The molecule has 3 aromatic rings. The molecule has 4 rings (SSSR count). The molecular formula is C20H27N5O4S2. The number of thioether (sulfide) groups is 1. The van der Waals surface area contributed by atoms with E-state index < -0.39 is 10.0 Å². The highest BCUT2D eigenvalue weighted by atomic mass is 32.2. The van der Waals surface area contributed by atoms with Gasteiger partial charge < -0.3 is 13.8 Å². The normalized spacial score (nSPS) is 15.7. The number of nitrogens with zero attached hydrogens (tertiary/aromatic N) is 5. The van der Waals surface area contributed by atoms with E-state index in [1.165, 1.54) is 16.1 Å². The molecule has 11 heteroatoms. The Balaban J connectivity index is 1.55. The van der Waals surface area contributed by atoms with Crippen molar-refractivity contribution in [2.75, 3.05) is 26.3 Å². The zero-order valence-corrected chi connectivity index (χ0v) is 19.4. The highest BCUT2D eigenvalue weighted by Crippen LogP contribution is 2.29. The van der Waals surface area contributed by atoms with E-state index in [9.17, 15) is 8.42 Å². The number of imidazole rings is 1. The van der Waals surface area contributed by atoms with Gasteiger partial charge in [-0.2, -0.15) is 9.29 Å². The summed E-state index contributed by atoms with van der Waals surface area (Å²) in [5, 5.41) is 4.86. The standard InChI is InChI=1S/C20H27N5O4S2/c1-3-5-6-19-22-18(23-29-19)14-30-20-21-16-13-15(7-8-17(16)25(20)4-2)31(26,27)24-9-11-28-12-10-24/h7-8,13H,3-6,9-12,14H2,1-2H3. The third-order valence-corrected chi connectivity index (χ3v) is 8.06. The minimum absolute atomic E-state index is 0.262. The fourth-order valence-electron chi connectivity index (χ4n) is 3.51. The molecule has 0 N–H and O–H groups in total. The molecule has 1 fully saturated rings. The fourth-order valence-corrected chi connectivity index (χ4v) is 5.86. The lowest BCUT2D eigenvalue weighted by molar-refractivity contribution is 0.0730. The number of fused-ring (bicyclic) bond motifs is 1. The van der Waals surface area contributed by atoms with Crippen LogP contribution in [0, 0.1) is 0 Å². The van der Waals surface area contributed by atoms with Crippen LogP contribution in [0.25, 0.3) is 11.0 Å². The number of unbranched alkanes of at least 4 members (excludes halogenated alkanes) is 1. The van der Waals surface area contributed by atoms with Crippen molar-refractivity contribution in [1.29, 1.82) is 0 Å². The number of hydrogen-bond acceptors (Lipinski definition) is 8. The van der Waals surface area contributed by atoms with Crippen molar-refractivity contribution in [3.8, 4) is 0 Å². The highest BCUT2D eigenvalue weighted by Gasteiger charge is 2.27. The Morgan fingerprint density at radius 1 is 1.16 bits per heavy atom. The Kier molecular flexibility index (Phi) is 6.95. The number of aryl methyl sites for hydroxylation is 2. The molecule has 2 aromatic heterocycles. The summed E-state index contributed by atoms with van der Waals surface area (Å²) in [4.78, 5) is 9.41. The van der Waals surface area contributed by atoms with Crippen molar-refractivity contribution in [3.63, 3.8) is 0 Å². The van der Waals surface area contributed by atoms with E-state index in [1.807, 2.05) is 13.0 Å². The summed E-state index contributed by atoms with van der Waals surface area (Å²) < 4.78 is 40.1. The predicted octanol–water partition coefficient (Wildman–Crippen LogP) is 3.10. The number of aromatic nitrogens is 4. The van der Waals surface area contributed by atoms with E-state index >= 15 is 0 Å². The van der Waals surface area contributed by atoms with Crippen molar-refractivity contribution in [3.05, 3.63) is 29.9 Å². The minimum atomic E-state index is -3.56. The summed E-state index contributed by atoms with van der Waals surface area (Å²) in [5.74, 6) is 1.85. The monoisotopic (exact) mass is 465 g/mol. The van der Waals surface area contributed by atoms with Crippen molar-refractivity contribution >= 4 is 32.8 Å². The topological polar surface area (TPSA) is 103 Å². The Morgan fingerprint density at radius 2 is 1.97 bits per heavy atom. The summed E-state index contributed by atoms with van der Waals surface area (Å²) in [6.07, 6.45) is 2.90. The van der Waals surface area contributed by atoms with Crippen molar-refractivity contribution in [2.45, 2.75) is 55.5 Å². The van der Waals surface area contributed by atoms with Crippen LogP contribution in [0.5, 0.6) is 0 Å². The van der Waals surface area contributed by atoms with Gasteiger partial charge in [-0.3, -0.25) is 0 Å². The Morgan fingerprint density at radius 3 is 2.71 bits per heavy atom. The summed E-state index contributed by atoms with van der Waals surface area (Å²) >= 11 is 1.52. The number of morpholine rings is 1. The average molecular weight is 466 g/mol. The Hall–Kier alpha value is -1.95. The molecule has 0 amide bonds. The third kappa shape index (κ3) is 4.79. The van der Waals surface area contributed by atoms with E-state index in [2.05, 4.69) is 21.6 Å². The quantitative estimate of drug-likeness (QED) is 0.444. The molecule has 1 aliphatic rings. The second kappa shape index (κ2) is 9.68. The maximum Gasteiger partial charge on any atom is 0.243 e. The molecule has 3 heterocycles. The maximum atomic E-state index is 13.0. The second-order valence-electron chi connectivity index (χ2n) is 7.30. The van der Waals surface area contributed by atoms with Crippen LogP contribution >= 0.6 is 11.8 Å². The van der Waals surface area contributed by atoms with Gasteiger partial charge in [0.2, 0.25) is 15.9 Å². The van der Waals surface area contributed by atoms with Crippen LogP contribution in [0.1, 0.15) is 38.4 Å². The van der Waals surface area contributed by atoms with Crippen LogP contribution in [0.4, 0.5) is 0 Å². The molecule has 0 spiro atoms. The lowest BCUT2D eigenvalue weighted by Crippen LogP contribution is -2.40. The number of hydrogen-bond donors (Lipinski definition) is 0. The fraction of sp³-hybridized carbons (Fsp3) is 0.550. The molecule has 1 aliphatic heterocycles. The van der Waals surface area contributed by atoms with Crippen LogP contribution in [-0.2, 0) is 33.5 Å². The molecule has 1 aromatic carbocycles. The van der Waals surface area contributed by atoms with Crippen LogP contribution < -0.4 is 0 Å². The highest BCUT2D eigenvalue weighted by molar-refractivity contribution is 7.98. The minimum Gasteiger partial charge on any atom is -0.379 e. The van der Waals surface area contributed by atoms with Gasteiger partial charge in [0, 0.05) is 26.1 Å². The van der Waals surface area contributed by atoms with Gasteiger partial charge in [-0.05, 0) is 31.5 Å². The molecule has 0 atom stereocenters. The number of ether oxygens (including phenoxy) is 1. The zero-order valence-electron chi connectivity index (χ0n) is 17.8. The number of benzene rings is 1. The molecule has 0 radical (unpaired) electrons. The van der Waals surface area contributed by atoms with Gasteiger partial charge in [-0.1, -0.05) is 30.3 Å². The SMILES string of the molecule is CCCCc1nc(CSc2nc3cc(S(=O)(=O)N4CCOCC4)ccc3n2CC)no1. The van der Waals surface area contributed by atoms with Crippen LogP contribution in [0.3, 0.4) is 0 Å². The Labute approximate surface area is 186 Å². The largest absolute Gasteiger partial charge is 0.379 e. The van der Waals surface area contributed by atoms with Gasteiger partial charge in [0.1, 0.15) is 0 Å². The first-order valence-corrected chi connectivity index (χ1v) is 13.0. The van der Waals surface area contributed by atoms with E-state index in [4.69, 9.17) is 14.2 Å². The maximum absolute atomic E-state index is 13.0. The average Bonchev–Trinajstić information content (AvgIpc) is 3.39. The summed E-state index contributed by atoms with van der Waals surface area (Å²) in [6, 6.07) is 5.16. The number of rotatable bonds is 9. The molecule has 9 nitrogen and oxygen atoms in total. The third-order valence-electron chi connectivity index (χ3n) is 5.19. The van der Waals surface area contributed by atoms with E-state index in [1.54, 1.807) is 12.1 Å². The number of sulfonamides is 1. The first kappa shape index (κ1) is 22.3. The van der Waals surface area contributed by atoms with Gasteiger partial charge >= 0.3 is 0 Å². The molecule has 1 saturated heterocycles. The van der Waals surface area contributed by atoms with Crippen molar-refractivity contribution in [2.24, 2.45) is 0 Å². The van der Waals surface area contributed by atoms with Gasteiger partial charge in [0.15, 0.2) is 11.0 Å². The molecule has 0 saturated carbocycles. The molecule has 0 aliphatic carbocycles. The smallest absolute Gasteiger partial charge is 0.243 e. The predicted molar refractivity (Wildman–Crippen MR) is 117 cm³/mol. The summed E-state index contributed by atoms with van der Waals surface area (Å²) in [7, 11) is -3.56. The van der Waals surface area contributed by atoms with Gasteiger partial charge in [-0.25, -0.2) is 13.4 Å². The molecule has 0 bridgehead atoms. The second-order valence-corrected chi connectivity index (χ2v) is 10.2. The van der Waals surface area contributed by atoms with Gasteiger partial charge in [0.25, 0.3) is 0 Å². The molecule has 31 heavy (non-hydrogen) atoms. The molecular weight excluding hydrogens is 438 g/mol.